The van der Waals surface area contributed by atoms with E-state index in [0.29, 0.717) is 13.2 Å². The van der Waals surface area contributed by atoms with Crippen LogP contribution in [-0.4, -0.2) is 41.2 Å². The number of carbonyl (C=O) groups excluding carboxylic acids is 2. The van der Waals surface area contributed by atoms with E-state index in [2.05, 4.69) is 12.6 Å². The van der Waals surface area contributed by atoms with E-state index in [1.54, 1.807) is 6.92 Å². The average Bonchev–Trinajstić information content (AvgIpc) is 2.47. The molecule has 1 aliphatic heterocycles. The second kappa shape index (κ2) is 4.68. The summed E-state index contributed by atoms with van der Waals surface area (Å²) >= 11 is 4.28. The summed E-state index contributed by atoms with van der Waals surface area (Å²) in [6.07, 6.45) is 0.742. The molecule has 1 amide bonds. The van der Waals surface area contributed by atoms with Crippen molar-refractivity contribution < 1.29 is 14.3 Å². The van der Waals surface area contributed by atoms with Crippen molar-refractivity contribution in [3.63, 3.8) is 0 Å². The Labute approximate surface area is 89.0 Å². The lowest BCUT2D eigenvalue weighted by Crippen LogP contribution is -2.43. The third-order valence-electron chi connectivity index (χ3n) is 2.30. The molecule has 0 saturated carbocycles. The van der Waals surface area contributed by atoms with Crippen LogP contribution in [0.2, 0.25) is 0 Å². The second-order valence-corrected chi connectivity index (χ2v) is 3.93. The summed E-state index contributed by atoms with van der Waals surface area (Å²) in [7, 11) is 0. The van der Waals surface area contributed by atoms with E-state index in [1.807, 2.05) is 0 Å². The molecule has 5 heteroatoms. The molecule has 1 fully saturated rings. The number of carbonyl (C=O) groups is 2. The Morgan fingerprint density at radius 3 is 2.71 bits per heavy atom. The average molecular weight is 217 g/mol. The highest BCUT2D eigenvalue weighted by molar-refractivity contribution is 7.81. The summed E-state index contributed by atoms with van der Waals surface area (Å²) in [6.45, 7) is 4.13. The molecule has 0 aliphatic carbocycles. The molecular weight excluding hydrogens is 202 g/mol. The molecule has 4 nitrogen and oxygen atoms in total. The quantitative estimate of drug-likeness (QED) is 0.540. The number of nitrogens with zero attached hydrogens (tertiary/aromatic N) is 1. The Bertz CT molecular complexity index is 244. The minimum atomic E-state index is -0.504. The minimum Gasteiger partial charge on any atom is -0.464 e. The Morgan fingerprint density at radius 1 is 1.57 bits per heavy atom. The van der Waals surface area contributed by atoms with Crippen LogP contribution in [0.25, 0.3) is 0 Å². The number of rotatable bonds is 2. The molecule has 1 rings (SSSR count). The van der Waals surface area contributed by atoms with E-state index in [9.17, 15) is 9.59 Å². The van der Waals surface area contributed by atoms with Gasteiger partial charge < -0.3 is 9.64 Å². The van der Waals surface area contributed by atoms with E-state index in [-0.39, 0.29) is 17.1 Å². The summed E-state index contributed by atoms with van der Waals surface area (Å²) < 4.78 is 4.89. The van der Waals surface area contributed by atoms with Gasteiger partial charge >= 0.3 is 5.97 Å². The second-order valence-electron chi connectivity index (χ2n) is 3.27. The first kappa shape index (κ1) is 11.4. The predicted molar refractivity (Wildman–Crippen MR) is 55.2 cm³/mol. The molecule has 0 N–H and O–H groups in total. The van der Waals surface area contributed by atoms with Crippen molar-refractivity contribution in [3.05, 3.63) is 0 Å². The summed E-state index contributed by atoms with van der Waals surface area (Å²) in [5.74, 6) is -0.445. The largest absolute Gasteiger partial charge is 0.464 e. The van der Waals surface area contributed by atoms with Crippen molar-refractivity contribution in [2.75, 3.05) is 13.2 Å². The van der Waals surface area contributed by atoms with Crippen molar-refractivity contribution >= 4 is 24.5 Å². The molecule has 0 aromatic rings. The molecule has 1 saturated heterocycles. The first-order valence-electron chi connectivity index (χ1n) is 4.69. The van der Waals surface area contributed by atoms with Crippen LogP contribution in [0, 0.1) is 0 Å². The zero-order valence-corrected chi connectivity index (χ0v) is 9.29. The van der Waals surface area contributed by atoms with Gasteiger partial charge in [0.25, 0.3) is 0 Å². The zero-order chi connectivity index (χ0) is 10.7. The van der Waals surface area contributed by atoms with Crippen molar-refractivity contribution in [2.45, 2.75) is 31.6 Å². The van der Waals surface area contributed by atoms with Crippen LogP contribution < -0.4 is 0 Å². The number of esters is 1. The molecule has 0 bridgehead atoms. The normalized spacial score (nSPS) is 26.4. The molecule has 0 aromatic heterocycles. The van der Waals surface area contributed by atoms with Crippen LogP contribution >= 0.6 is 12.6 Å². The number of amides is 1. The van der Waals surface area contributed by atoms with Gasteiger partial charge in [-0.05, 0) is 13.3 Å². The number of hydrogen-bond donors (Lipinski definition) is 1. The smallest absolute Gasteiger partial charge is 0.329 e. The van der Waals surface area contributed by atoms with Gasteiger partial charge in [0.2, 0.25) is 5.91 Å². The number of ether oxygens (including phenoxy) is 1. The summed E-state index contributed by atoms with van der Waals surface area (Å²) in [4.78, 5) is 24.2. The molecule has 80 valence electrons. The van der Waals surface area contributed by atoms with Gasteiger partial charge in [0.05, 0.1) is 6.61 Å². The zero-order valence-electron chi connectivity index (χ0n) is 8.40. The maximum Gasteiger partial charge on any atom is 0.329 e. The molecule has 0 spiro atoms. The Kier molecular flexibility index (Phi) is 3.80. The maximum atomic E-state index is 11.5. The Hall–Kier alpha value is -0.710. The molecule has 1 aliphatic rings. The highest BCUT2D eigenvalue weighted by atomic mass is 32.1. The maximum absolute atomic E-state index is 11.5. The van der Waals surface area contributed by atoms with Crippen LogP contribution in [0.3, 0.4) is 0 Å². The van der Waals surface area contributed by atoms with E-state index >= 15 is 0 Å². The van der Waals surface area contributed by atoms with E-state index in [0.717, 1.165) is 6.42 Å². The Balaban J connectivity index is 2.71. The summed E-state index contributed by atoms with van der Waals surface area (Å²) in [6, 6.07) is -0.504. The Morgan fingerprint density at radius 2 is 2.21 bits per heavy atom. The molecule has 0 radical (unpaired) electrons. The van der Waals surface area contributed by atoms with Gasteiger partial charge in [0.15, 0.2) is 0 Å². The minimum absolute atomic E-state index is 0.0976. The van der Waals surface area contributed by atoms with Gasteiger partial charge in [-0.15, -0.1) is 0 Å². The third kappa shape index (κ3) is 2.20. The molecule has 0 unspecified atom stereocenters. The summed E-state index contributed by atoms with van der Waals surface area (Å²) in [5, 5.41) is -0.0991. The van der Waals surface area contributed by atoms with Crippen LogP contribution in [0.15, 0.2) is 0 Å². The molecule has 14 heavy (non-hydrogen) atoms. The first-order valence-corrected chi connectivity index (χ1v) is 5.21. The highest BCUT2D eigenvalue weighted by Gasteiger charge is 2.39. The summed E-state index contributed by atoms with van der Waals surface area (Å²) in [5.41, 5.74) is 0. The van der Waals surface area contributed by atoms with Gasteiger partial charge in [0.1, 0.15) is 6.04 Å². The lowest BCUT2D eigenvalue weighted by atomic mass is 10.2. The number of thiol groups is 1. The monoisotopic (exact) mass is 217 g/mol. The molecular formula is C9H15NO3S. The lowest BCUT2D eigenvalue weighted by molar-refractivity contribution is -0.152. The van der Waals surface area contributed by atoms with E-state index in [4.69, 9.17) is 4.74 Å². The van der Waals surface area contributed by atoms with Crippen LogP contribution in [0.1, 0.15) is 20.3 Å². The third-order valence-corrected chi connectivity index (χ3v) is 2.84. The number of hydrogen-bond acceptors (Lipinski definition) is 4. The van der Waals surface area contributed by atoms with E-state index in [1.165, 1.54) is 11.8 Å². The molecule has 0 aromatic carbocycles. The topological polar surface area (TPSA) is 46.6 Å². The lowest BCUT2D eigenvalue weighted by Gasteiger charge is -2.23. The molecule has 1 heterocycles. The van der Waals surface area contributed by atoms with Crippen LogP contribution in [-0.2, 0) is 14.3 Å². The van der Waals surface area contributed by atoms with Crippen molar-refractivity contribution in [2.24, 2.45) is 0 Å². The highest BCUT2D eigenvalue weighted by Crippen LogP contribution is 2.23. The van der Waals surface area contributed by atoms with E-state index < -0.39 is 6.04 Å². The fourth-order valence-corrected chi connectivity index (χ4v) is 2.04. The number of likely N-dealkylation sites (tertiary alicyclic amines) is 1. The van der Waals surface area contributed by atoms with Crippen molar-refractivity contribution in [1.82, 2.24) is 4.90 Å². The van der Waals surface area contributed by atoms with Gasteiger partial charge in [-0.25, -0.2) is 4.79 Å². The molecule has 2 atom stereocenters. The van der Waals surface area contributed by atoms with Gasteiger partial charge in [0, 0.05) is 18.7 Å². The van der Waals surface area contributed by atoms with Gasteiger partial charge in [-0.1, -0.05) is 0 Å². The van der Waals surface area contributed by atoms with Crippen LogP contribution in [0.4, 0.5) is 0 Å². The fourth-order valence-electron chi connectivity index (χ4n) is 1.64. The standard InChI is InChI=1S/C9H15NO3S/c1-3-13-9(12)8-7(14)4-5-10(8)6(2)11/h7-8,14H,3-5H2,1-2H3/t7-,8+/m0/s1. The predicted octanol–water partition coefficient (Wildman–Crippen LogP) is 0.469. The van der Waals surface area contributed by atoms with Crippen molar-refractivity contribution in [1.29, 1.82) is 0 Å². The van der Waals surface area contributed by atoms with Crippen LogP contribution in [0.5, 0.6) is 0 Å². The fraction of sp³-hybridized carbons (Fsp3) is 0.778. The van der Waals surface area contributed by atoms with Gasteiger partial charge in [-0.2, -0.15) is 12.6 Å². The SMILES string of the molecule is CCOC(=O)[C@H]1[C@@H](S)CCN1C(C)=O. The van der Waals surface area contributed by atoms with Gasteiger partial charge in [-0.3, -0.25) is 4.79 Å². The van der Waals surface area contributed by atoms with Crippen molar-refractivity contribution in [3.8, 4) is 0 Å². The first-order chi connectivity index (χ1) is 6.57.